The zero-order valence-corrected chi connectivity index (χ0v) is 8.61. The van der Waals surface area contributed by atoms with Crippen LogP contribution in [0.2, 0.25) is 0 Å². The topological polar surface area (TPSA) is 40.5 Å². The number of aliphatic hydroxyl groups is 1. The van der Waals surface area contributed by atoms with Crippen molar-refractivity contribution in [3.05, 3.63) is 0 Å². The van der Waals surface area contributed by atoms with Crippen LogP contribution < -0.4 is 0 Å². The third-order valence-corrected chi connectivity index (χ3v) is 3.41. The summed E-state index contributed by atoms with van der Waals surface area (Å²) >= 11 is 0. The number of rotatable bonds is 2. The van der Waals surface area contributed by atoms with Crippen LogP contribution in [0.25, 0.3) is 0 Å². The Morgan fingerprint density at radius 3 is 2.86 bits per heavy atom. The first-order chi connectivity index (χ1) is 6.75. The zero-order valence-electron chi connectivity index (χ0n) is 8.61. The highest BCUT2D eigenvalue weighted by Crippen LogP contribution is 2.26. The molecular weight excluding hydrogens is 178 g/mol. The van der Waals surface area contributed by atoms with Gasteiger partial charge in [0.1, 0.15) is 0 Å². The standard InChI is InChI=1S/C11H19NO2/c13-10-4-1-3-9(7-10)8-12-6-2-5-11(12)14/h9-10,13H,1-8H2. The number of nitrogens with zero attached hydrogens (tertiary/aromatic N) is 1. The van der Waals surface area contributed by atoms with Crippen LogP contribution in [0.5, 0.6) is 0 Å². The fourth-order valence-electron chi connectivity index (χ4n) is 2.64. The summed E-state index contributed by atoms with van der Waals surface area (Å²) in [7, 11) is 0. The first-order valence-electron chi connectivity index (χ1n) is 5.71. The van der Waals surface area contributed by atoms with E-state index in [1.807, 2.05) is 4.90 Å². The summed E-state index contributed by atoms with van der Waals surface area (Å²) in [6.07, 6.45) is 5.78. The van der Waals surface area contributed by atoms with E-state index in [0.717, 1.165) is 45.2 Å². The highest BCUT2D eigenvalue weighted by Gasteiger charge is 2.26. The summed E-state index contributed by atoms with van der Waals surface area (Å²) in [6.45, 7) is 1.82. The van der Waals surface area contributed by atoms with Crippen LogP contribution in [0.3, 0.4) is 0 Å². The average Bonchev–Trinajstić information content (AvgIpc) is 2.52. The summed E-state index contributed by atoms with van der Waals surface area (Å²) in [4.78, 5) is 13.4. The van der Waals surface area contributed by atoms with E-state index in [1.165, 1.54) is 6.42 Å². The van der Waals surface area contributed by atoms with Gasteiger partial charge < -0.3 is 10.0 Å². The molecule has 1 amide bonds. The molecule has 2 aliphatic rings. The third kappa shape index (κ3) is 2.27. The molecule has 2 unspecified atom stereocenters. The van der Waals surface area contributed by atoms with Gasteiger partial charge >= 0.3 is 0 Å². The van der Waals surface area contributed by atoms with Crippen molar-refractivity contribution in [2.24, 2.45) is 5.92 Å². The Morgan fingerprint density at radius 1 is 1.36 bits per heavy atom. The maximum Gasteiger partial charge on any atom is 0.222 e. The molecule has 14 heavy (non-hydrogen) atoms. The summed E-state index contributed by atoms with van der Waals surface area (Å²) in [5.41, 5.74) is 0. The van der Waals surface area contributed by atoms with E-state index in [2.05, 4.69) is 0 Å². The van der Waals surface area contributed by atoms with Crippen molar-refractivity contribution in [3.8, 4) is 0 Å². The summed E-state index contributed by atoms with van der Waals surface area (Å²) < 4.78 is 0. The van der Waals surface area contributed by atoms with Crippen LogP contribution in [-0.4, -0.2) is 35.1 Å². The molecule has 3 nitrogen and oxygen atoms in total. The first-order valence-corrected chi connectivity index (χ1v) is 5.71. The van der Waals surface area contributed by atoms with Crippen LogP contribution in [-0.2, 0) is 4.79 Å². The Hall–Kier alpha value is -0.570. The molecule has 0 aromatic rings. The van der Waals surface area contributed by atoms with Crippen molar-refractivity contribution in [1.82, 2.24) is 4.90 Å². The minimum absolute atomic E-state index is 0.119. The van der Waals surface area contributed by atoms with Crippen molar-refractivity contribution >= 4 is 5.91 Å². The molecule has 1 aliphatic carbocycles. The average molecular weight is 197 g/mol. The van der Waals surface area contributed by atoms with Crippen LogP contribution in [0.15, 0.2) is 0 Å². The summed E-state index contributed by atoms with van der Waals surface area (Å²) in [5, 5.41) is 9.52. The molecule has 1 saturated carbocycles. The Morgan fingerprint density at radius 2 is 2.21 bits per heavy atom. The lowest BCUT2D eigenvalue weighted by Gasteiger charge is -2.29. The van der Waals surface area contributed by atoms with E-state index < -0.39 is 0 Å². The van der Waals surface area contributed by atoms with Crippen LogP contribution in [0.1, 0.15) is 38.5 Å². The SMILES string of the molecule is O=C1CCCN1CC1CCCC(O)C1. The molecule has 1 N–H and O–H groups in total. The largest absolute Gasteiger partial charge is 0.393 e. The van der Waals surface area contributed by atoms with Crippen molar-refractivity contribution in [3.63, 3.8) is 0 Å². The van der Waals surface area contributed by atoms with Gasteiger partial charge in [-0.25, -0.2) is 0 Å². The molecule has 2 rings (SSSR count). The maximum atomic E-state index is 11.4. The lowest BCUT2D eigenvalue weighted by Crippen LogP contribution is -2.33. The van der Waals surface area contributed by atoms with E-state index >= 15 is 0 Å². The molecule has 2 fully saturated rings. The quantitative estimate of drug-likeness (QED) is 0.721. The molecule has 1 aliphatic heterocycles. The van der Waals surface area contributed by atoms with Gasteiger partial charge in [0.2, 0.25) is 5.91 Å². The minimum Gasteiger partial charge on any atom is -0.393 e. The van der Waals surface area contributed by atoms with E-state index in [4.69, 9.17) is 0 Å². The fraction of sp³-hybridized carbons (Fsp3) is 0.909. The number of aliphatic hydroxyl groups excluding tert-OH is 1. The highest BCUT2D eigenvalue weighted by molar-refractivity contribution is 5.78. The van der Waals surface area contributed by atoms with Crippen molar-refractivity contribution in [2.75, 3.05) is 13.1 Å². The summed E-state index contributed by atoms with van der Waals surface area (Å²) in [5.74, 6) is 0.853. The van der Waals surface area contributed by atoms with Crippen molar-refractivity contribution < 1.29 is 9.90 Å². The number of hydrogen-bond donors (Lipinski definition) is 1. The summed E-state index contributed by atoms with van der Waals surface area (Å²) in [6, 6.07) is 0. The van der Waals surface area contributed by atoms with E-state index in [9.17, 15) is 9.90 Å². The van der Waals surface area contributed by atoms with Gasteiger partial charge in [0.15, 0.2) is 0 Å². The Labute approximate surface area is 85.1 Å². The van der Waals surface area contributed by atoms with Crippen LogP contribution in [0, 0.1) is 5.92 Å². The molecule has 0 aromatic heterocycles. The number of likely N-dealkylation sites (tertiary alicyclic amines) is 1. The van der Waals surface area contributed by atoms with Gasteiger partial charge in [-0.05, 0) is 31.6 Å². The second-order valence-electron chi connectivity index (χ2n) is 4.63. The van der Waals surface area contributed by atoms with Gasteiger partial charge in [0.25, 0.3) is 0 Å². The number of carbonyl (C=O) groups excluding carboxylic acids is 1. The Balaban J connectivity index is 1.81. The van der Waals surface area contributed by atoms with Gasteiger partial charge in [0, 0.05) is 19.5 Å². The van der Waals surface area contributed by atoms with Gasteiger partial charge in [-0.2, -0.15) is 0 Å². The molecule has 0 bridgehead atoms. The molecular formula is C11H19NO2. The third-order valence-electron chi connectivity index (χ3n) is 3.41. The van der Waals surface area contributed by atoms with Crippen molar-refractivity contribution in [2.45, 2.75) is 44.6 Å². The molecule has 80 valence electrons. The van der Waals surface area contributed by atoms with Gasteiger partial charge in [-0.15, -0.1) is 0 Å². The Bertz CT molecular complexity index is 217. The van der Waals surface area contributed by atoms with Gasteiger partial charge in [-0.1, -0.05) is 6.42 Å². The molecule has 1 heterocycles. The molecule has 0 spiro atoms. The molecule has 2 atom stereocenters. The molecule has 0 radical (unpaired) electrons. The number of amides is 1. The normalized spacial score (nSPS) is 33.8. The first kappa shape index (κ1) is 9.97. The predicted octanol–water partition coefficient (Wildman–Crippen LogP) is 1.16. The number of carbonyl (C=O) groups is 1. The van der Waals surface area contributed by atoms with Gasteiger partial charge in [0.05, 0.1) is 6.10 Å². The minimum atomic E-state index is -0.119. The number of hydrogen-bond acceptors (Lipinski definition) is 2. The maximum absolute atomic E-state index is 11.4. The van der Waals surface area contributed by atoms with E-state index in [1.54, 1.807) is 0 Å². The fourth-order valence-corrected chi connectivity index (χ4v) is 2.64. The lowest BCUT2D eigenvalue weighted by atomic mass is 9.87. The van der Waals surface area contributed by atoms with Crippen LogP contribution >= 0.6 is 0 Å². The molecule has 3 heteroatoms. The monoisotopic (exact) mass is 197 g/mol. The smallest absolute Gasteiger partial charge is 0.222 e. The van der Waals surface area contributed by atoms with Gasteiger partial charge in [-0.3, -0.25) is 4.79 Å². The van der Waals surface area contributed by atoms with Crippen molar-refractivity contribution in [1.29, 1.82) is 0 Å². The molecule has 1 saturated heterocycles. The zero-order chi connectivity index (χ0) is 9.97. The predicted molar refractivity (Wildman–Crippen MR) is 53.8 cm³/mol. The molecule has 0 aromatic carbocycles. The van der Waals surface area contributed by atoms with Crippen LogP contribution in [0.4, 0.5) is 0 Å². The van der Waals surface area contributed by atoms with E-state index in [0.29, 0.717) is 11.8 Å². The second-order valence-corrected chi connectivity index (χ2v) is 4.63. The van der Waals surface area contributed by atoms with E-state index in [-0.39, 0.29) is 6.10 Å². The lowest BCUT2D eigenvalue weighted by molar-refractivity contribution is -0.128. The second kappa shape index (κ2) is 4.30. The Kier molecular flexibility index (Phi) is 3.06. The highest BCUT2D eigenvalue weighted by atomic mass is 16.3.